The number of rotatable bonds is 3. The smallest absolute Gasteiger partial charge is 0.316 e. The Balaban J connectivity index is 2.24. The first-order valence-electron chi connectivity index (χ1n) is 4.80. The zero-order valence-corrected chi connectivity index (χ0v) is 8.25. The predicted octanol–water partition coefficient (Wildman–Crippen LogP) is 0.377. The molecule has 0 aromatic carbocycles. The van der Waals surface area contributed by atoms with Crippen LogP contribution in [0.5, 0.6) is 0 Å². The van der Waals surface area contributed by atoms with Gasteiger partial charge in [0.2, 0.25) is 0 Å². The van der Waals surface area contributed by atoms with Gasteiger partial charge >= 0.3 is 6.03 Å². The minimum Gasteiger partial charge on any atom is -0.379 e. The summed E-state index contributed by atoms with van der Waals surface area (Å²) in [5.41, 5.74) is 0. The highest BCUT2D eigenvalue weighted by Gasteiger charge is 2.18. The highest BCUT2D eigenvalue weighted by molar-refractivity contribution is 5.74. The molecule has 1 saturated heterocycles. The van der Waals surface area contributed by atoms with Crippen molar-refractivity contribution in [2.24, 2.45) is 0 Å². The molecule has 2 N–H and O–H groups in total. The van der Waals surface area contributed by atoms with E-state index in [1.54, 1.807) is 0 Å². The van der Waals surface area contributed by atoms with Gasteiger partial charge in [-0.3, -0.25) is 0 Å². The zero-order valence-electron chi connectivity index (χ0n) is 8.25. The Hall–Kier alpha value is -1.28. The Morgan fingerprint density at radius 2 is 2.57 bits per heavy atom. The van der Waals surface area contributed by atoms with Crippen molar-refractivity contribution in [3.8, 4) is 6.07 Å². The van der Waals surface area contributed by atoms with Crippen LogP contribution in [0.2, 0.25) is 0 Å². The summed E-state index contributed by atoms with van der Waals surface area (Å²) in [7, 11) is 0. The number of carbonyl (C=O) groups is 1. The van der Waals surface area contributed by atoms with Crippen LogP contribution in [0.25, 0.3) is 0 Å². The van der Waals surface area contributed by atoms with Crippen LogP contribution in [-0.2, 0) is 4.74 Å². The molecule has 0 saturated carbocycles. The van der Waals surface area contributed by atoms with E-state index < -0.39 is 6.04 Å². The number of urea groups is 1. The Morgan fingerprint density at radius 3 is 3.07 bits per heavy atom. The minimum atomic E-state index is -0.405. The molecule has 0 aromatic rings. The van der Waals surface area contributed by atoms with Crippen LogP contribution < -0.4 is 10.6 Å². The average molecular weight is 197 g/mol. The summed E-state index contributed by atoms with van der Waals surface area (Å²) in [6.07, 6.45) is 1.46. The molecule has 0 bridgehead atoms. The quantitative estimate of drug-likeness (QED) is 0.686. The Kier molecular flexibility index (Phi) is 4.20. The standard InChI is InChI=1S/C9H15N3O2/c1-2-7(5-10)11-9(13)12-8-3-4-14-6-8/h7-8H,2-4,6H2,1H3,(H2,11,12,13). The normalized spacial score (nSPS) is 22.4. The monoisotopic (exact) mass is 197 g/mol. The van der Waals surface area contributed by atoms with Crippen LogP contribution in [-0.4, -0.2) is 31.3 Å². The lowest BCUT2D eigenvalue weighted by atomic mass is 10.2. The third-order valence-electron chi connectivity index (χ3n) is 2.13. The Labute approximate surface area is 83.4 Å². The summed E-state index contributed by atoms with van der Waals surface area (Å²) in [6.45, 7) is 3.12. The van der Waals surface area contributed by atoms with Gasteiger partial charge < -0.3 is 15.4 Å². The molecule has 0 radical (unpaired) electrons. The second-order valence-electron chi connectivity index (χ2n) is 3.27. The van der Waals surface area contributed by atoms with Crippen molar-refractivity contribution in [2.75, 3.05) is 13.2 Å². The highest BCUT2D eigenvalue weighted by atomic mass is 16.5. The molecule has 1 fully saturated rings. The van der Waals surface area contributed by atoms with Crippen LogP contribution in [0.3, 0.4) is 0 Å². The molecule has 0 aromatic heterocycles. The highest BCUT2D eigenvalue weighted by Crippen LogP contribution is 2.02. The van der Waals surface area contributed by atoms with E-state index in [1.165, 1.54) is 0 Å². The van der Waals surface area contributed by atoms with E-state index in [0.717, 1.165) is 6.42 Å². The molecule has 1 aliphatic heterocycles. The van der Waals surface area contributed by atoms with Crippen LogP contribution >= 0.6 is 0 Å². The van der Waals surface area contributed by atoms with E-state index >= 15 is 0 Å². The maximum Gasteiger partial charge on any atom is 0.316 e. The summed E-state index contributed by atoms with van der Waals surface area (Å²) in [5.74, 6) is 0. The van der Waals surface area contributed by atoms with Gasteiger partial charge in [-0.1, -0.05) is 6.92 Å². The molecule has 0 aliphatic carbocycles. The minimum absolute atomic E-state index is 0.0891. The molecule has 2 atom stereocenters. The van der Waals surface area contributed by atoms with Crippen LogP contribution in [0.4, 0.5) is 4.79 Å². The van der Waals surface area contributed by atoms with Gasteiger partial charge in [0.1, 0.15) is 6.04 Å². The van der Waals surface area contributed by atoms with Crippen molar-refractivity contribution < 1.29 is 9.53 Å². The second kappa shape index (κ2) is 5.45. The fourth-order valence-electron chi connectivity index (χ4n) is 1.26. The molecular weight excluding hydrogens is 182 g/mol. The fourth-order valence-corrected chi connectivity index (χ4v) is 1.26. The maximum absolute atomic E-state index is 11.3. The lowest BCUT2D eigenvalue weighted by Crippen LogP contribution is -2.45. The van der Waals surface area contributed by atoms with Crippen LogP contribution in [0.1, 0.15) is 19.8 Å². The van der Waals surface area contributed by atoms with Gasteiger partial charge in [0.15, 0.2) is 0 Å². The first-order chi connectivity index (χ1) is 6.76. The first kappa shape index (κ1) is 10.8. The largest absolute Gasteiger partial charge is 0.379 e. The van der Waals surface area contributed by atoms with Gasteiger partial charge in [0, 0.05) is 6.61 Å². The molecule has 78 valence electrons. The van der Waals surface area contributed by atoms with Crippen molar-refractivity contribution in [2.45, 2.75) is 31.8 Å². The number of ether oxygens (including phenoxy) is 1. The van der Waals surface area contributed by atoms with Crippen LogP contribution in [0.15, 0.2) is 0 Å². The molecule has 1 rings (SSSR count). The van der Waals surface area contributed by atoms with E-state index in [2.05, 4.69) is 10.6 Å². The maximum atomic E-state index is 11.3. The number of amides is 2. The molecule has 5 nitrogen and oxygen atoms in total. The van der Waals surface area contributed by atoms with Gasteiger partial charge in [-0.2, -0.15) is 5.26 Å². The van der Waals surface area contributed by atoms with E-state index in [0.29, 0.717) is 19.6 Å². The molecule has 1 heterocycles. The van der Waals surface area contributed by atoms with Gasteiger partial charge in [-0.05, 0) is 12.8 Å². The van der Waals surface area contributed by atoms with Gasteiger partial charge in [0.05, 0.1) is 18.7 Å². The molecule has 2 unspecified atom stereocenters. The number of carbonyl (C=O) groups excluding carboxylic acids is 1. The van der Waals surface area contributed by atoms with Gasteiger partial charge in [-0.25, -0.2) is 4.79 Å². The number of nitrogens with one attached hydrogen (secondary N) is 2. The van der Waals surface area contributed by atoms with E-state index in [-0.39, 0.29) is 12.1 Å². The third-order valence-corrected chi connectivity index (χ3v) is 2.13. The van der Waals surface area contributed by atoms with Crippen molar-refractivity contribution in [3.05, 3.63) is 0 Å². The molecule has 14 heavy (non-hydrogen) atoms. The van der Waals surface area contributed by atoms with Crippen molar-refractivity contribution in [1.82, 2.24) is 10.6 Å². The summed E-state index contributed by atoms with van der Waals surface area (Å²) in [5, 5.41) is 13.9. The van der Waals surface area contributed by atoms with E-state index in [1.807, 2.05) is 13.0 Å². The lowest BCUT2D eigenvalue weighted by Gasteiger charge is -2.13. The lowest BCUT2D eigenvalue weighted by molar-refractivity contribution is 0.188. The zero-order chi connectivity index (χ0) is 10.4. The average Bonchev–Trinajstić information content (AvgIpc) is 2.66. The predicted molar refractivity (Wildman–Crippen MR) is 50.6 cm³/mol. The Morgan fingerprint density at radius 1 is 1.79 bits per heavy atom. The third kappa shape index (κ3) is 3.23. The van der Waals surface area contributed by atoms with E-state index in [4.69, 9.17) is 10.00 Å². The summed E-state index contributed by atoms with van der Waals surface area (Å²) in [6, 6.07) is 1.40. The van der Waals surface area contributed by atoms with E-state index in [9.17, 15) is 4.79 Å². The number of hydrogen-bond donors (Lipinski definition) is 2. The summed E-state index contributed by atoms with van der Waals surface area (Å²) >= 11 is 0. The number of nitriles is 1. The molecule has 1 aliphatic rings. The second-order valence-corrected chi connectivity index (χ2v) is 3.27. The summed E-state index contributed by atoms with van der Waals surface area (Å²) in [4.78, 5) is 11.3. The number of nitrogens with zero attached hydrogens (tertiary/aromatic N) is 1. The van der Waals surface area contributed by atoms with Crippen molar-refractivity contribution in [3.63, 3.8) is 0 Å². The van der Waals surface area contributed by atoms with Crippen molar-refractivity contribution in [1.29, 1.82) is 5.26 Å². The van der Waals surface area contributed by atoms with Crippen molar-refractivity contribution >= 4 is 6.03 Å². The SMILES string of the molecule is CCC(C#N)NC(=O)NC1CCOC1. The fraction of sp³-hybridized carbons (Fsp3) is 0.778. The molecule has 5 heteroatoms. The summed E-state index contributed by atoms with van der Waals surface area (Å²) < 4.78 is 5.11. The number of hydrogen-bond acceptors (Lipinski definition) is 3. The molecular formula is C9H15N3O2. The molecule has 2 amide bonds. The Bertz CT molecular complexity index is 231. The van der Waals surface area contributed by atoms with Gasteiger partial charge in [0.25, 0.3) is 0 Å². The van der Waals surface area contributed by atoms with Crippen LogP contribution in [0, 0.1) is 11.3 Å². The van der Waals surface area contributed by atoms with Gasteiger partial charge in [-0.15, -0.1) is 0 Å². The topological polar surface area (TPSA) is 74.2 Å². The molecule has 0 spiro atoms. The first-order valence-corrected chi connectivity index (χ1v) is 4.80.